The van der Waals surface area contributed by atoms with Gasteiger partial charge in [-0.1, -0.05) is 60.7 Å². The van der Waals surface area contributed by atoms with Gasteiger partial charge in [0, 0.05) is 24.2 Å². The first-order valence-electron chi connectivity index (χ1n) is 12.2. The van der Waals surface area contributed by atoms with Crippen LogP contribution in [0, 0.1) is 11.3 Å². The fourth-order valence-electron chi connectivity index (χ4n) is 4.18. The highest BCUT2D eigenvalue weighted by molar-refractivity contribution is 6.14. The minimum Gasteiger partial charge on any atom is -0.444 e. The smallest absolute Gasteiger partial charge is 0.408 e. The van der Waals surface area contributed by atoms with E-state index in [0.717, 1.165) is 22.4 Å². The lowest BCUT2D eigenvalue weighted by Gasteiger charge is -2.22. The predicted molar refractivity (Wildman–Crippen MR) is 143 cm³/mol. The van der Waals surface area contributed by atoms with Gasteiger partial charge in [0.2, 0.25) is 5.91 Å². The molecule has 0 radical (unpaired) electrons. The number of hydrogen-bond donors (Lipinski definition) is 1. The Morgan fingerprint density at radius 1 is 1.05 bits per heavy atom. The number of ether oxygens (including phenoxy) is 1. The molecule has 1 saturated heterocycles. The van der Waals surface area contributed by atoms with E-state index in [1.54, 1.807) is 37.8 Å². The summed E-state index contributed by atoms with van der Waals surface area (Å²) in [6, 6.07) is 26.7. The van der Waals surface area contributed by atoms with E-state index >= 15 is 0 Å². The van der Waals surface area contributed by atoms with E-state index in [9.17, 15) is 14.9 Å². The number of amides is 2. The van der Waals surface area contributed by atoms with Gasteiger partial charge in [-0.15, -0.1) is 0 Å². The van der Waals surface area contributed by atoms with Crippen LogP contribution in [0.2, 0.25) is 0 Å². The third-order valence-corrected chi connectivity index (χ3v) is 5.88. The van der Waals surface area contributed by atoms with Crippen LogP contribution in [0.4, 0.5) is 10.5 Å². The quantitative estimate of drug-likeness (QED) is 0.467. The van der Waals surface area contributed by atoms with Crippen molar-refractivity contribution in [2.45, 2.75) is 45.4 Å². The SMILES string of the molecule is CC(C)(C)OC(=O)N[C@H]1CCN(Cc2cc(C#N)ccc2N=C(c2ccccc2)c2ccccc2)C1=O. The van der Waals surface area contributed by atoms with Crippen LogP contribution in [-0.4, -0.2) is 40.8 Å². The van der Waals surface area contributed by atoms with Crippen LogP contribution in [0.3, 0.4) is 0 Å². The molecule has 37 heavy (non-hydrogen) atoms. The molecule has 3 aromatic carbocycles. The number of nitriles is 1. The Bertz CT molecular complexity index is 1300. The molecule has 1 aliphatic rings. The molecule has 0 spiro atoms. The van der Waals surface area contributed by atoms with E-state index in [1.807, 2.05) is 66.7 Å². The van der Waals surface area contributed by atoms with Gasteiger partial charge < -0.3 is 15.0 Å². The van der Waals surface area contributed by atoms with Crippen molar-refractivity contribution >= 4 is 23.4 Å². The van der Waals surface area contributed by atoms with Crippen LogP contribution in [0.5, 0.6) is 0 Å². The molecule has 1 heterocycles. The monoisotopic (exact) mass is 494 g/mol. The molecular weight excluding hydrogens is 464 g/mol. The summed E-state index contributed by atoms with van der Waals surface area (Å²) >= 11 is 0. The van der Waals surface area contributed by atoms with E-state index in [-0.39, 0.29) is 12.5 Å². The molecule has 3 aromatic rings. The number of carbonyl (C=O) groups is 2. The maximum atomic E-state index is 13.1. The highest BCUT2D eigenvalue weighted by Gasteiger charge is 2.34. The van der Waals surface area contributed by atoms with E-state index in [0.29, 0.717) is 24.2 Å². The van der Waals surface area contributed by atoms with Crippen LogP contribution in [0.25, 0.3) is 0 Å². The predicted octanol–water partition coefficient (Wildman–Crippen LogP) is 5.35. The lowest BCUT2D eigenvalue weighted by atomic mass is 10.0. The fourth-order valence-corrected chi connectivity index (χ4v) is 4.18. The molecule has 0 aromatic heterocycles. The topological polar surface area (TPSA) is 94.8 Å². The summed E-state index contributed by atoms with van der Waals surface area (Å²) in [5, 5.41) is 12.2. The van der Waals surface area contributed by atoms with Crippen LogP contribution in [0.15, 0.2) is 83.9 Å². The molecular formula is C30H30N4O3. The Kier molecular flexibility index (Phi) is 7.69. The molecule has 7 heteroatoms. The third-order valence-electron chi connectivity index (χ3n) is 5.88. The number of rotatable bonds is 6. The number of alkyl carbamates (subject to hydrolysis) is 1. The van der Waals surface area contributed by atoms with Crippen molar-refractivity contribution in [2.24, 2.45) is 4.99 Å². The second kappa shape index (κ2) is 11.1. The van der Waals surface area contributed by atoms with Crippen LogP contribution < -0.4 is 5.32 Å². The Morgan fingerprint density at radius 2 is 1.68 bits per heavy atom. The molecule has 0 saturated carbocycles. The highest BCUT2D eigenvalue weighted by Crippen LogP contribution is 2.27. The Hall–Kier alpha value is -4.44. The number of carbonyl (C=O) groups excluding carboxylic acids is 2. The molecule has 0 aliphatic carbocycles. The number of benzene rings is 3. The minimum atomic E-state index is -0.648. The molecule has 1 aliphatic heterocycles. The maximum Gasteiger partial charge on any atom is 0.408 e. The molecule has 0 bridgehead atoms. The second-order valence-electron chi connectivity index (χ2n) is 9.90. The van der Waals surface area contributed by atoms with Gasteiger partial charge in [0.05, 0.1) is 23.0 Å². The molecule has 2 amide bonds. The molecule has 1 N–H and O–H groups in total. The number of nitrogens with zero attached hydrogens (tertiary/aromatic N) is 3. The van der Waals surface area contributed by atoms with Crippen molar-refractivity contribution in [3.8, 4) is 6.07 Å². The van der Waals surface area contributed by atoms with Crippen molar-refractivity contribution in [3.05, 3.63) is 101 Å². The fraction of sp³-hybridized carbons (Fsp3) is 0.267. The second-order valence-corrected chi connectivity index (χ2v) is 9.90. The molecule has 1 fully saturated rings. The number of hydrogen-bond acceptors (Lipinski definition) is 5. The van der Waals surface area contributed by atoms with Crippen LogP contribution in [-0.2, 0) is 16.1 Å². The van der Waals surface area contributed by atoms with Crippen molar-refractivity contribution in [1.82, 2.24) is 10.2 Å². The lowest BCUT2D eigenvalue weighted by Crippen LogP contribution is -2.43. The zero-order valence-electron chi connectivity index (χ0n) is 21.3. The normalized spacial score (nSPS) is 15.1. The summed E-state index contributed by atoms with van der Waals surface area (Å²) in [6.45, 7) is 6.08. The van der Waals surface area contributed by atoms with Gasteiger partial charge in [0.1, 0.15) is 11.6 Å². The van der Waals surface area contributed by atoms with Gasteiger partial charge in [-0.2, -0.15) is 5.26 Å². The first-order chi connectivity index (χ1) is 17.7. The summed E-state index contributed by atoms with van der Waals surface area (Å²) in [7, 11) is 0. The first-order valence-corrected chi connectivity index (χ1v) is 12.2. The number of nitrogens with one attached hydrogen (secondary N) is 1. The van der Waals surface area contributed by atoms with Gasteiger partial charge >= 0.3 is 6.09 Å². The van der Waals surface area contributed by atoms with Crippen molar-refractivity contribution < 1.29 is 14.3 Å². The summed E-state index contributed by atoms with van der Waals surface area (Å²) in [6.07, 6.45) is -0.131. The number of likely N-dealkylation sites (tertiary alicyclic amines) is 1. The van der Waals surface area contributed by atoms with Crippen molar-refractivity contribution in [3.63, 3.8) is 0 Å². The number of aliphatic imine (C=N–C) groups is 1. The Balaban J connectivity index is 1.63. The third kappa shape index (κ3) is 6.62. The summed E-state index contributed by atoms with van der Waals surface area (Å²) in [5.74, 6) is -0.186. The van der Waals surface area contributed by atoms with Crippen LogP contribution >= 0.6 is 0 Å². The molecule has 4 rings (SSSR count). The Morgan fingerprint density at radius 3 is 2.24 bits per heavy atom. The highest BCUT2D eigenvalue weighted by atomic mass is 16.6. The van der Waals surface area contributed by atoms with Gasteiger partial charge in [0.15, 0.2) is 0 Å². The summed E-state index contributed by atoms with van der Waals surface area (Å²) < 4.78 is 5.30. The maximum absolute atomic E-state index is 13.1. The van der Waals surface area contributed by atoms with Crippen LogP contribution in [0.1, 0.15) is 49.4 Å². The van der Waals surface area contributed by atoms with E-state index in [2.05, 4.69) is 11.4 Å². The molecule has 7 nitrogen and oxygen atoms in total. The molecule has 0 unspecified atom stereocenters. The van der Waals surface area contributed by atoms with Gasteiger partial charge in [-0.05, 0) is 51.0 Å². The van der Waals surface area contributed by atoms with E-state index < -0.39 is 17.7 Å². The average molecular weight is 495 g/mol. The molecule has 1 atom stereocenters. The summed E-state index contributed by atoms with van der Waals surface area (Å²) in [5.41, 5.74) is 4.00. The zero-order chi connectivity index (χ0) is 26.4. The van der Waals surface area contributed by atoms with Gasteiger partial charge in [-0.25, -0.2) is 9.79 Å². The Labute approximate surface area is 217 Å². The van der Waals surface area contributed by atoms with Gasteiger partial charge in [-0.3, -0.25) is 4.79 Å². The average Bonchev–Trinajstić information content (AvgIpc) is 3.21. The lowest BCUT2D eigenvalue weighted by molar-refractivity contribution is -0.129. The largest absolute Gasteiger partial charge is 0.444 e. The standard InChI is InChI=1S/C30H30N4O3/c1-30(2,3)37-29(36)33-26-16-17-34(28(26)35)20-24-18-21(19-31)14-15-25(24)32-27(22-10-6-4-7-11-22)23-12-8-5-9-13-23/h4-15,18,26H,16-17,20H2,1-3H3,(H,33,36)/t26-/m0/s1. The van der Waals surface area contributed by atoms with E-state index in [1.165, 1.54) is 0 Å². The van der Waals surface area contributed by atoms with Gasteiger partial charge in [0.25, 0.3) is 0 Å². The van der Waals surface area contributed by atoms with Crippen molar-refractivity contribution in [2.75, 3.05) is 6.54 Å². The zero-order valence-corrected chi connectivity index (χ0v) is 21.3. The summed E-state index contributed by atoms with van der Waals surface area (Å²) in [4.78, 5) is 32.0. The van der Waals surface area contributed by atoms with E-state index in [4.69, 9.17) is 9.73 Å². The molecule has 188 valence electrons. The minimum absolute atomic E-state index is 0.186. The first kappa shape index (κ1) is 25.6. The van der Waals surface area contributed by atoms with Crippen molar-refractivity contribution in [1.29, 1.82) is 5.26 Å².